The van der Waals surface area contributed by atoms with Crippen molar-refractivity contribution in [2.45, 2.75) is 354 Å². The van der Waals surface area contributed by atoms with Gasteiger partial charge in [-0.25, -0.2) is 0 Å². The summed E-state index contributed by atoms with van der Waals surface area (Å²) < 4.78 is 0. The summed E-state index contributed by atoms with van der Waals surface area (Å²) in [6, 6.07) is 0. The monoisotopic (exact) mass is 855 g/mol. The fourth-order valence-electron chi connectivity index (χ4n) is 10.3. The molecule has 0 saturated heterocycles. The maximum Gasteiger partial charge on any atom is 0.101 e. The molecule has 0 bridgehead atoms. The normalized spacial score (nSPS) is 13.2. The van der Waals surface area contributed by atoms with Crippen LogP contribution in [-0.4, -0.2) is 29.1 Å². The summed E-state index contributed by atoms with van der Waals surface area (Å²) >= 11 is 0. The van der Waals surface area contributed by atoms with Gasteiger partial charge in [-0.2, -0.15) is 0 Å². The minimum atomic E-state index is 0.633. The molecule has 0 N–H and O–H groups in total. The number of hydrogen-bond acceptors (Lipinski definition) is 2. The molecule has 0 fully saturated rings. The second-order valence-corrected chi connectivity index (χ2v) is 20.7. The van der Waals surface area contributed by atoms with E-state index in [1.54, 1.807) is 0 Å². The Balaban J connectivity index is 2.18. The summed E-state index contributed by atoms with van der Waals surface area (Å²) in [5.41, 5.74) is 0. The summed E-state index contributed by atoms with van der Waals surface area (Å²) in [5, 5.41) is 0. The topological polar surface area (TPSA) is 6.48 Å². The number of unbranched alkanes of at least 4 members (excludes halogenated alkanes) is 47. The zero-order valence-corrected chi connectivity index (χ0v) is 43.1. The van der Waals surface area contributed by atoms with Crippen molar-refractivity contribution >= 4 is 0 Å². The molecule has 364 valence electrons. The Morgan fingerprint density at radius 2 is 0.377 bits per heavy atom. The molecule has 0 radical (unpaired) electrons. The molecule has 1 heterocycles. The van der Waals surface area contributed by atoms with Gasteiger partial charge in [-0.15, -0.1) is 0 Å². The quantitative estimate of drug-likeness (QED) is 0.0563. The van der Waals surface area contributed by atoms with Gasteiger partial charge in [-0.05, 0) is 25.7 Å². The van der Waals surface area contributed by atoms with Gasteiger partial charge >= 0.3 is 0 Å². The van der Waals surface area contributed by atoms with Crippen LogP contribution in [0.4, 0.5) is 0 Å². The van der Waals surface area contributed by atoms with Crippen molar-refractivity contribution in [1.29, 1.82) is 0 Å². The van der Waals surface area contributed by atoms with E-state index in [1.807, 2.05) is 0 Å². The maximum absolute atomic E-state index is 2.75. The van der Waals surface area contributed by atoms with E-state index < -0.39 is 0 Å². The summed E-state index contributed by atoms with van der Waals surface area (Å²) in [4.78, 5) is 5.51. The number of rotatable bonds is 53. The highest BCUT2D eigenvalue weighted by atomic mass is 15.4. The van der Waals surface area contributed by atoms with Crippen molar-refractivity contribution < 1.29 is 0 Å². The Kier molecular flexibility index (Phi) is 48.2. The Hall–Kier alpha value is -0.660. The van der Waals surface area contributed by atoms with Crippen LogP contribution in [0.5, 0.6) is 0 Å². The highest BCUT2D eigenvalue weighted by molar-refractivity contribution is 4.97. The van der Waals surface area contributed by atoms with Gasteiger partial charge in [0.1, 0.15) is 6.17 Å². The fourth-order valence-corrected chi connectivity index (χ4v) is 10.3. The summed E-state index contributed by atoms with van der Waals surface area (Å²) in [5.74, 6) is 0. The molecule has 2 heteroatoms. The standard InChI is InChI=1S/C59H118N2/c1-4-7-10-13-16-19-22-25-28-31-34-37-40-43-46-49-52-55-60-57-58-61(56-53-50-47-44-41-38-35-32-29-26-23-20-17-14-11-8-5-2)59(60)54-51-48-45-42-39-36-33-30-27-24-21-18-15-12-9-6-3/h57-59H,4-56H2,1-3H3. The van der Waals surface area contributed by atoms with Crippen LogP contribution in [0.25, 0.3) is 0 Å². The molecular weight excluding hydrogens is 737 g/mol. The van der Waals surface area contributed by atoms with E-state index in [1.165, 1.54) is 341 Å². The van der Waals surface area contributed by atoms with E-state index in [0.717, 1.165) is 0 Å². The third kappa shape index (κ3) is 41.8. The minimum Gasteiger partial charge on any atom is -0.356 e. The van der Waals surface area contributed by atoms with E-state index in [2.05, 4.69) is 43.0 Å². The third-order valence-electron chi connectivity index (χ3n) is 14.6. The Morgan fingerprint density at radius 1 is 0.213 bits per heavy atom. The molecular formula is C59H118N2. The van der Waals surface area contributed by atoms with Gasteiger partial charge in [0.25, 0.3) is 0 Å². The molecule has 1 aliphatic heterocycles. The van der Waals surface area contributed by atoms with Crippen molar-refractivity contribution in [1.82, 2.24) is 9.80 Å². The van der Waals surface area contributed by atoms with Crippen molar-refractivity contribution in [3.8, 4) is 0 Å². The first kappa shape index (κ1) is 58.4. The van der Waals surface area contributed by atoms with Gasteiger partial charge in [0, 0.05) is 25.5 Å². The van der Waals surface area contributed by atoms with E-state index in [4.69, 9.17) is 0 Å². The lowest BCUT2D eigenvalue weighted by Crippen LogP contribution is -2.39. The molecule has 1 rings (SSSR count). The van der Waals surface area contributed by atoms with Gasteiger partial charge in [-0.3, -0.25) is 0 Å². The molecule has 0 aliphatic carbocycles. The van der Waals surface area contributed by atoms with E-state index in [-0.39, 0.29) is 0 Å². The largest absolute Gasteiger partial charge is 0.356 e. The van der Waals surface area contributed by atoms with Crippen molar-refractivity contribution in [3.05, 3.63) is 12.4 Å². The summed E-state index contributed by atoms with van der Waals surface area (Å²) in [7, 11) is 0. The van der Waals surface area contributed by atoms with Gasteiger partial charge in [0.05, 0.1) is 0 Å². The molecule has 0 amide bonds. The van der Waals surface area contributed by atoms with Gasteiger partial charge in [0.15, 0.2) is 0 Å². The number of hydrogen-bond donors (Lipinski definition) is 0. The van der Waals surface area contributed by atoms with Crippen LogP contribution in [0, 0.1) is 0 Å². The highest BCUT2D eigenvalue weighted by Crippen LogP contribution is 2.25. The molecule has 0 aromatic carbocycles. The Morgan fingerprint density at radius 3 is 0.574 bits per heavy atom. The predicted octanol–water partition coefficient (Wildman–Crippen LogP) is 21.4. The molecule has 61 heavy (non-hydrogen) atoms. The average Bonchev–Trinajstić information content (AvgIpc) is 3.66. The van der Waals surface area contributed by atoms with Crippen LogP contribution in [-0.2, 0) is 0 Å². The smallest absolute Gasteiger partial charge is 0.101 e. The average molecular weight is 856 g/mol. The lowest BCUT2D eigenvalue weighted by atomic mass is 10.0. The first-order valence-electron chi connectivity index (χ1n) is 29.5. The van der Waals surface area contributed by atoms with E-state index in [9.17, 15) is 0 Å². The molecule has 0 atom stereocenters. The lowest BCUT2D eigenvalue weighted by molar-refractivity contribution is 0.135. The van der Waals surface area contributed by atoms with Crippen molar-refractivity contribution in [2.75, 3.05) is 13.1 Å². The van der Waals surface area contributed by atoms with E-state index >= 15 is 0 Å². The zero-order valence-electron chi connectivity index (χ0n) is 43.1. The maximum atomic E-state index is 2.75. The Bertz CT molecular complexity index is 774. The zero-order chi connectivity index (χ0) is 43.6. The summed E-state index contributed by atoms with van der Waals surface area (Å²) in [6.07, 6.45) is 79.8. The van der Waals surface area contributed by atoms with Crippen LogP contribution in [0.3, 0.4) is 0 Å². The van der Waals surface area contributed by atoms with Crippen molar-refractivity contribution in [2.24, 2.45) is 0 Å². The van der Waals surface area contributed by atoms with Crippen LogP contribution < -0.4 is 0 Å². The molecule has 1 aliphatic rings. The molecule has 0 spiro atoms. The minimum absolute atomic E-state index is 0.633. The lowest BCUT2D eigenvalue weighted by Gasteiger charge is -2.33. The van der Waals surface area contributed by atoms with Crippen LogP contribution in [0.15, 0.2) is 12.4 Å². The SMILES string of the molecule is CCCCCCCCCCCCCCCCCCCN1C=CN(CCCCCCCCCCCCCCCCCCC)C1CCCCCCCCCCCCCCCCCC. The Labute approximate surface area is 388 Å². The molecule has 2 nitrogen and oxygen atoms in total. The molecule has 0 saturated carbocycles. The molecule has 0 aromatic heterocycles. The van der Waals surface area contributed by atoms with Gasteiger partial charge in [-0.1, -0.05) is 323 Å². The van der Waals surface area contributed by atoms with Crippen LogP contribution in [0.2, 0.25) is 0 Å². The van der Waals surface area contributed by atoms with Gasteiger partial charge in [0.2, 0.25) is 0 Å². The predicted molar refractivity (Wildman–Crippen MR) is 279 cm³/mol. The van der Waals surface area contributed by atoms with Gasteiger partial charge < -0.3 is 9.80 Å². The summed E-state index contributed by atoms with van der Waals surface area (Å²) in [6.45, 7) is 9.50. The highest BCUT2D eigenvalue weighted by Gasteiger charge is 2.25. The van der Waals surface area contributed by atoms with Crippen LogP contribution >= 0.6 is 0 Å². The van der Waals surface area contributed by atoms with Crippen molar-refractivity contribution in [3.63, 3.8) is 0 Å². The second kappa shape index (κ2) is 50.3. The molecule has 0 aromatic rings. The third-order valence-corrected chi connectivity index (χ3v) is 14.6. The fraction of sp³-hybridized carbons (Fsp3) is 0.966. The number of nitrogens with zero attached hydrogens (tertiary/aromatic N) is 2. The first-order valence-corrected chi connectivity index (χ1v) is 29.5. The van der Waals surface area contributed by atoms with Crippen LogP contribution in [0.1, 0.15) is 348 Å². The molecule has 0 unspecified atom stereocenters. The van der Waals surface area contributed by atoms with E-state index in [0.29, 0.717) is 6.17 Å². The first-order chi connectivity index (χ1) is 30.3. The second-order valence-electron chi connectivity index (χ2n) is 20.7.